The Hall–Kier alpha value is -5.85. The number of thiol groups is 1. The van der Waals surface area contributed by atoms with E-state index in [4.69, 9.17) is 11.5 Å². The highest BCUT2D eigenvalue weighted by Crippen LogP contribution is 2.13. The molecule has 23 nitrogen and oxygen atoms in total. The average molecular weight is 828 g/mol. The third kappa shape index (κ3) is 14.8. The van der Waals surface area contributed by atoms with Gasteiger partial charge in [-0.05, 0) is 25.7 Å². The van der Waals surface area contributed by atoms with Gasteiger partial charge >= 0.3 is 11.9 Å². The number of aryl methyl sites for hydroxylation is 1. The van der Waals surface area contributed by atoms with Crippen molar-refractivity contribution in [2.75, 3.05) is 25.4 Å². The zero-order valence-corrected chi connectivity index (χ0v) is 32.2. The molecular formula is C31H45N11O12S2. The summed E-state index contributed by atoms with van der Waals surface area (Å²) in [5, 5.41) is 34.2. The van der Waals surface area contributed by atoms with E-state index in [2.05, 4.69) is 54.5 Å². The van der Waals surface area contributed by atoms with Crippen molar-refractivity contribution in [2.24, 2.45) is 22.4 Å². The first kappa shape index (κ1) is 46.3. The number of rotatable bonds is 11. The lowest BCUT2D eigenvalue weighted by molar-refractivity contribution is -0.143. The minimum atomic E-state index is -1.91. The predicted molar refractivity (Wildman–Crippen MR) is 199 cm³/mol. The fourth-order valence-corrected chi connectivity index (χ4v) is 5.84. The number of thiazole rings is 1. The second-order valence-corrected chi connectivity index (χ2v) is 14.0. The SMILES string of the molecule is Cc1nc(C(=O)N2CC(=O)N[C@@H](CCCN=C(N)N)C(=O)NCC(=O)N[C@@H](CC(=O)O)C(=O)N[C@@H](CC(=O)O)C(=O)N[C@@H](C(C)C)C(=O)N[C@@H](CS)C2=O)cs1. The van der Waals surface area contributed by atoms with Crippen LogP contribution in [-0.2, 0) is 43.2 Å². The Bertz CT molecular complexity index is 1720. The number of aromatic nitrogens is 1. The molecule has 1 aromatic heterocycles. The van der Waals surface area contributed by atoms with Crippen LogP contribution < -0.4 is 43.4 Å². The molecule has 0 radical (unpaired) electrons. The normalized spacial score (nSPS) is 22.3. The molecule has 0 aliphatic carbocycles. The van der Waals surface area contributed by atoms with Crippen LogP contribution in [0.2, 0.25) is 0 Å². The number of carboxylic acids is 2. The van der Waals surface area contributed by atoms with E-state index >= 15 is 0 Å². The molecule has 1 saturated heterocycles. The highest BCUT2D eigenvalue weighted by atomic mass is 32.1. The summed E-state index contributed by atoms with van der Waals surface area (Å²) < 4.78 is 0. The highest BCUT2D eigenvalue weighted by Gasteiger charge is 2.37. The van der Waals surface area contributed by atoms with Crippen molar-refractivity contribution in [3.63, 3.8) is 0 Å². The fraction of sp³-hybridized carbons (Fsp3) is 0.548. The third-order valence-corrected chi connectivity index (χ3v) is 8.90. The topological polar surface area (TPSA) is 364 Å². The van der Waals surface area contributed by atoms with Crippen molar-refractivity contribution < 1.29 is 58.2 Å². The molecule has 8 amide bonds. The summed E-state index contributed by atoms with van der Waals surface area (Å²) in [6, 6.07) is -8.35. The molecule has 0 spiro atoms. The highest BCUT2D eigenvalue weighted by molar-refractivity contribution is 7.80. The van der Waals surface area contributed by atoms with E-state index in [-0.39, 0.29) is 31.0 Å². The molecule has 25 heteroatoms. The summed E-state index contributed by atoms with van der Waals surface area (Å²) >= 11 is 5.22. The largest absolute Gasteiger partial charge is 0.481 e. The summed E-state index contributed by atoms with van der Waals surface area (Å²) in [7, 11) is 0. The van der Waals surface area contributed by atoms with Crippen LogP contribution in [0.1, 0.15) is 55.0 Å². The predicted octanol–water partition coefficient (Wildman–Crippen LogP) is -4.44. The van der Waals surface area contributed by atoms with Gasteiger partial charge in [-0.15, -0.1) is 11.3 Å². The monoisotopic (exact) mass is 827 g/mol. The van der Waals surface area contributed by atoms with E-state index < -0.39 is 127 Å². The number of aliphatic imine (C=N–C) groups is 1. The molecule has 12 N–H and O–H groups in total. The van der Waals surface area contributed by atoms with Crippen molar-refractivity contribution in [1.29, 1.82) is 0 Å². The molecule has 0 saturated carbocycles. The Morgan fingerprint density at radius 2 is 1.45 bits per heavy atom. The van der Waals surface area contributed by atoms with Gasteiger partial charge in [-0.3, -0.25) is 57.8 Å². The molecule has 1 aliphatic heterocycles. The molecule has 1 aliphatic rings. The standard InChI is InChI=1S/C31H45N11O12S2/c1-13(2)24-28(52)40-18(11-55)29(53)42(30(54)19-12-56-14(3)36-19)10-21(44)37-15(5-4-6-34-31(32)33)25(49)35-9-20(43)38-16(7-22(45)46)26(50)39-17(8-23(47)48)27(51)41-24/h12-13,15-18,24,55H,4-11H2,1-3H3,(H,35,49)(H,37,44)(H,38,43)(H,39,50)(H,40,52)(H,41,51)(H,45,46)(H,47,48)(H4,32,33,34)/t15-,16-,17-,18-,24-/m0/s1. The van der Waals surface area contributed by atoms with E-state index in [0.29, 0.717) is 9.91 Å². The van der Waals surface area contributed by atoms with Gasteiger partial charge in [0.05, 0.1) is 24.4 Å². The lowest BCUT2D eigenvalue weighted by Crippen LogP contribution is -2.61. The van der Waals surface area contributed by atoms with Crippen molar-refractivity contribution in [3.05, 3.63) is 16.1 Å². The van der Waals surface area contributed by atoms with Gasteiger partial charge in [-0.2, -0.15) is 12.6 Å². The van der Waals surface area contributed by atoms with Gasteiger partial charge in [-0.1, -0.05) is 13.8 Å². The van der Waals surface area contributed by atoms with E-state index in [1.165, 1.54) is 19.2 Å². The van der Waals surface area contributed by atoms with Crippen molar-refractivity contribution >= 4 is 89.1 Å². The summed E-state index contributed by atoms with van der Waals surface area (Å²) in [5.41, 5.74) is 10.5. The molecule has 2 heterocycles. The number of nitrogens with two attached hydrogens (primary N) is 2. The van der Waals surface area contributed by atoms with Crippen LogP contribution in [-0.4, -0.2) is 141 Å². The smallest absolute Gasteiger partial charge is 0.305 e. The summed E-state index contributed by atoms with van der Waals surface area (Å²) in [4.78, 5) is 139. The lowest BCUT2D eigenvalue weighted by atomic mass is 10.0. The van der Waals surface area contributed by atoms with Crippen LogP contribution in [0.15, 0.2) is 10.4 Å². The number of imide groups is 1. The van der Waals surface area contributed by atoms with Crippen molar-refractivity contribution in [2.45, 2.75) is 76.7 Å². The molecule has 0 bridgehead atoms. The minimum Gasteiger partial charge on any atom is -0.481 e. The number of nitrogens with one attached hydrogen (secondary N) is 6. The second kappa shape index (κ2) is 21.9. The quantitative estimate of drug-likeness (QED) is 0.0330. The van der Waals surface area contributed by atoms with Gasteiger partial charge in [0, 0.05) is 17.7 Å². The maximum atomic E-state index is 14.0. The van der Waals surface area contributed by atoms with Crippen LogP contribution in [0.25, 0.3) is 0 Å². The van der Waals surface area contributed by atoms with Gasteiger partial charge in [0.15, 0.2) is 5.96 Å². The van der Waals surface area contributed by atoms with Crippen LogP contribution in [0.4, 0.5) is 0 Å². The van der Waals surface area contributed by atoms with Gasteiger partial charge in [-0.25, -0.2) is 4.98 Å². The Kier molecular flexibility index (Phi) is 18.1. The summed E-state index contributed by atoms with van der Waals surface area (Å²) in [6.07, 6.45) is -2.14. The van der Waals surface area contributed by atoms with Crippen molar-refractivity contribution in [1.82, 2.24) is 41.8 Å². The van der Waals surface area contributed by atoms with Crippen LogP contribution >= 0.6 is 24.0 Å². The first-order valence-corrected chi connectivity index (χ1v) is 18.4. The van der Waals surface area contributed by atoms with Crippen LogP contribution in [0.3, 0.4) is 0 Å². The van der Waals surface area contributed by atoms with Crippen molar-refractivity contribution in [3.8, 4) is 0 Å². The number of aliphatic carboxylic acids is 2. The molecule has 1 fully saturated rings. The summed E-state index contributed by atoms with van der Waals surface area (Å²) in [6.45, 7) is 2.69. The number of carboxylic acid groups (broad SMARTS) is 2. The van der Waals surface area contributed by atoms with Crippen LogP contribution in [0, 0.1) is 12.8 Å². The molecular weight excluding hydrogens is 783 g/mol. The number of guanidine groups is 1. The molecule has 1 aromatic rings. The third-order valence-electron chi connectivity index (χ3n) is 7.76. The maximum absolute atomic E-state index is 14.0. The van der Waals surface area contributed by atoms with Gasteiger partial charge in [0.25, 0.3) is 11.8 Å². The van der Waals surface area contributed by atoms with E-state index in [0.717, 1.165) is 11.3 Å². The molecule has 0 aromatic carbocycles. The van der Waals surface area contributed by atoms with Gasteiger partial charge < -0.3 is 53.6 Å². The summed E-state index contributed by atoms with van der Waals surface area (Å²) in [5.74, 6) is -13.4. The second-order valence-electron chi connectivity index (χ2n) is 12.6. The zero-order valence-electron chi connectivity index (χ0n) is 30.5. The average Bonchev–Trinajstić information content (AvgIpc) is 3.55. The Morgan fingerprint density at radius 3 is 1.98 bits per heavy atom. The molecule has 0 unspecified atom stereocenters. The number of carbonyl (C=O) groups is 10. The Labute approximate surface area is 328 Å². The van der Waals surface area contributed by atoms with E-state index in [9.17, 15) is 58.2 Å². The van der Waals surface area contributed by atoms with Gasteiger partial charge in [0.2, 0.25) is 35.4 Å². The number of hydrogen-bond acceptors (Lipinski definition) is 14. The van der Waals surface area contributed by atoms with E-state index in [1.54, 1.807) is 6.92 Å². The zero-order chi connectivity index (χ0) is 42.3. The molecule has 308 valence electrons. The minimum absolute atomic E-state index is 0.00164. The Balaban J connectivity index is 2.66. The first-order valence-electron chi connectivity index (χ1n) is 16.9. The lowest BCUT2D eigenvalue weighted by Gasteiger charge is -2.29. The molecule has 5 atom stereocenters. The Morgan fingerprint density at radius 1 is 0.875 bits per heavy atom. The molecule has 2 rings (SSSR count). The number of carbonyl (C=O) groups excluding carboxylic acids is 8. The fourth-order valence-electron chi connectivity index (χ4n) is 5.01. The first-order chi connectivity index (χ1) is 26.2. The number of amides is 8. The number of nitrogens with zero attached hydrogens (tertiary/aromatic N) is 3. The van der Waals surface area contributed by atoms with E-state index in [1.807, 2.05) is 0 Å². The maximum Gasteiger partial charge on any atom is 0.305 e. The number of hydrogen-bond donors (Lipinski definition) is 11. The van der Waals surface area contributed by atoms with Crippen LogP contribution in [0.5, 0.6) is 0 Å². The molecule has 56 heavy (non-hydrogen) atoms. The van der Waals surface area contributed by atoms with Gasteiger partial charge in [0.1, 0.15) is 42.4 Å².